The molecule has 1 aromatic heterocycles. The van der Waals surface area contributed by atoms with E-state index < -0.39 is 9.84 Å². The normalized spacial score (nSPS) is 11.6. The second kappa shape index (κ2) is 4.61. The van der Waals surface area contributed by atoms with Crippen LogP contribution < -0.4 is 5.32 Å². The first kappa shape index (κ1) is 11.3. The van der Waals surface area contributed by atoms with E-state index in [9.17, 15) is 8.42 Å². The van der Waals surface area contributed by atoms with Crippen LogP contribution >= 0.6 is 11.6 Å². The van der Waals surface area contributed by atoms with E-state index >= 15 is 0 Å². The lowest BCUT2D eigenvalue weighted by atomic mass is 10.7. The average Bonchev–Trinajstić information content (AvgIpc) is 2.50. The molecular weight excluding hydrogens is 230 g/mol. The highest BCUT2D eigenvalue weighted by Gasteiger charge is 2.05. The van der Waals surface area contributed by atoms with Gasteiger partial charge in [-0.2, -0.15) is 0 Å². The van der Waals surface area contributed by atoms with Crippen molar-refractivity contribution in [1.82, 2.24) is 10.2 Å². The standard InChI is InChI=1S/C6H10ClN3O3S/c1-14(11,12)3-2-8-6-10-9-5(4-7)13-6/h2-4H2,1H3,(H,8,10). The van der Waals surface area contributed by atoms with Crippen molar-refractivity contribution in [3.63, 3.8) is 0 Å². The highest BCUT2D eigenvalue weighted by Crippen LogP contribution is 2.06. The van der Waals surface area contributed by atoms with Crippen LogP contribution in [0.25, 0.3) is 0 Å². The van der Waals surface area contributed by atoms with Crippen LogP contribution in [0.1, 0.15) is 5.89 Å². The number of alkyl halides is 1. The van der Waals surface area contributed by atoms with Crippen LogP contribution in [-0.2, 0) is 15.7 Å². The number of anilines is 1. The van der Waals surface area contributed by atoms with Crippen molar-refractivity contribution in [3.8, 4) is 0 Å². The summed E-state index contributed by atoms with van der Waals surface area (Å²) >= 11 is 5.43. The van der Waals surface area contributed by atoms with Crippen LogP contribution in [0.2, 0.25) is 0 Å². The molecular formula is C6H10ClN3O3S. The monoisotopic (exact) mass is 239 g/mol. The summed E-state index contributed by atoms with van der Waals surface area (Å²) in [6.45, 7) is 0.239. The fourth-order valence-corrected chi connectivity index (χ4v) is 1.30. The number of hydrogen-bond donors (Lipinski definition) is 1. The molecule has 1 heterocycles. The Kier molecular flexibility index (Phi) is 3.70. The van der Waals surface area contributed by atoms with Crippen molar-refractivity contribution in [2.24, 2.45) is 0 Å². The van der Waals surface area contributed by atoms with Crippen molar-refractivity contribution in [2.75, 3.05) is 23.9 Å². The molecule has 0 unspecified atom stereocenters. The van der Waals surface area contributed by atoms with E-state index in [4.69, 9.17) is 16.0 Å². The van der Waals surface area contributed by atoms with Gasteiger partial charge >= 0.3 is 6.01 Å². The molecule has 0 aromatic carbocycles. The molecule has 0 aliphatic heterocycles. The third kappa shape index (κ3) is 3.93. The molecule has 0 saturated carbocycles. The van der Waals surface area contributed by atoms with E-state index in [1.807, 2.05) is 0 Å². The number of rotatable bonds is 5. The van der Waals surface area contributed by atoms with E-state index in [1.54, 1.807) is 0 Å². The van der Waals surface area contributed by atoms with Gasteiger partial charge in [-0.3, -0.25) is 0 Å². The van der Waals surface area contributed by atoms with Gasteiger partial charge < -0.3 is 9.73 Å². The smallest absolute Gasteiger partial charge is 0.315 e. The Hall–Kier alpha value is -0.820. The van der Waals surface area contributed by atoms with Gasteiger partial charge in [0.25, 0.3) is 0 Å². The van der Waals surface area contributed by atoms with Crippen LogP contribution in [0.5, 0.6) is 0 Å². The molecule has 0 amide bonds. The lowest BCUT2D eigenvalue weighted by Gasteiger charge is -1.98. The fourth-order valence-electron chi connectivity index (χ4n) is 0.722. The van der Waals surface area contributed by atoms with Crippen molar-refractivity contribution in [3.05, 3.63) is 5.89 Å². The van der Waals surface area contributed by atoms with Crippen molar-refractivity contribution in [2.45, 2.75) is 5.88 Å². The van der Waals surface area contributed by atoms with Gasteiger partial charge in [0.15, 0.2) is 0 Å². The second-order valence-electron chi connectivity index (χ2n) is 2.69. The molecule has 0 aliphatic carbocycles. The summed E-state index contributed by atoms with van der Waals surface area (Å²) in [5.41, 5.74) is 0. The molecule has 0 saturated heterocycles. The minimum Gasteiger partial charge on any atom is -0.407 e. The maximum atomic E-state index is 10.8. The predicted molar refractivity (Wildman–Crippen MR) is 52.1 cm³/mol. The lowest BCUT2D eigenvalue weighted by Crippen LogP contribution is -2.14. The van der Waals surface area contributed by atoms with Gasteiger partial charge in [0.1, 0.15) is 15.7 Å². The van der Waals surface area contributed by atoms with Crippen molar-refractivity contribution >= 4 is 27.5 Å². The zero-order valence-corrected chi connectivity index (χ0v) is 9.10. The Balaban J connectivity index is 2.39. The van der Waals surface area contributed by atoms with Gasteiger partial charge in [-0.1, -0.05) is 5.10 Å². The summed E-state index contributed by atoms with van der Waals surface area (Å²) in [4.78, 5) is 0. The molecule has 6 nitrogen and oxygen atoms in total. The molecule has 1 N–H and O–H groups in total. The molecule has 0 spiro atoms. The third-order valence-corrected chi connectivity index (χ3v) is 2.50. The van der Waals surface area contributed by atoms with E-state index in [1.165, 1.54) is 0 Å². The first-order valence-electron chi connectivity index (χ1n) is 3.81. The van der Waals surface area contributed by atoms with Gasteiger partial charge in [0.05, 0.1) is 5.75 Å². The number of nitrogens with zero attached hydrogens (tertiary/aromatic N) is 2. The van der Waals surface area contributed by atoms with Gasteiger partial charge in [-0.25, -0.2) is 8.42 Å². The van der Waals surface area contributed by atoms with Gasteiger partial charge in [0, 0.05) is 12.8 Å². The molecule has 0 bridgehead atoms. The number of aromatic nitrogens is 2. The maximum absolute atomic E-state index is 10.8. The maximum Gasteiger partial charge on any atom is 0.315 e. The van der Waals surface area contributed by atoms with Crippen LogP contribution in [-0.4, -0.2) is 37.2 Å². The van der Waals surface area contributed by atoms with Crippen LogP contribution in [0.4, 0.5) is 6.01 Å². The zero-order valence-electron chi connectivity index (χ0n) is 7.53. The molecule has 14 heavy (non-hydrogen) atoms. The molecule has 0 fully saturated rings. The number of sulfone groups is 1. The molecule has 0 radical (unpaired) electrons. The Labute approximate surface area is 86.6 Å². The van der Waals surface area contributed by atoms with E-state index in [0.717, 1.165) is 6.26 Å². The largest absolute Gasteiger partial charge is 0.407 e. The molecule has 1 aromatic rings. The van der Waals surface area contributed by atoms with E-state index in [-0.39, 0.29) is 24.2 Å². The van der Waals surface area contributed by atoms with Crippen molar-refractivity contribution in [1.29, 1.82) is 0 Å². The van der Waals surface area contributed by atoms with Crippen LogP contribution in [0.15, 0.2) is 4.42 Å². The zero-order chi connectivity index (χ0) is 10.6. The molecule has 80 valence electrons. The third-order valence-electron chi connectivity index (χ3n) is 1.33. The van der Waals surface area contributed by atoms with E-state index in [2.05, 4.69) is 15.5 Å². The van der Waals surface area contributed by atoms with Gasteiger partial charge in [0.2, 0.25) is 5.89 Å². The van der Waals surface area contributed by atoms with Gasteiger partial charge in [-0.05, 0) is 0 Å². The molecule has 1 rings (SSSR count). The Morgan fingerprint density at radius 2 is 2.21 bits per heavy atom. The quantitative estimate of drug-likeness (QED) is 0.743. The van der Waals surface area contributed by atoms with Crippen LogP contribution in [0.3, 0.4) is 0 Å². The highest BCUT2D eigenvalue weighted by atomic mass is 35.5. The summed E-state index contributed by atoms with van der Waals surface area (Å²) in [5.74, 6) is 0.459. The molecule has 0 atom stereocenters. The summed E-state index contributed by atoms with van der Waals surface area (Å²) in [7, 11) is -2.97. The number of hydrogen-bond acceptors (Lipinski definition) is 6. The summed E-state index contributed by atoms with van der Waals surface area (Å²) in [6.07, 6.45) is 1.16. The van der Waals surface area contributed by atoms with Crippen molar-refractivity contribution < 1.29 is 12.8 Å². The minimum absolute atomic E-state index is 0.0194. The first-order chi connectivity index (χ1) is 6.51. The highest BCUT2D eigenvalue weighted by molar-refractivity contribution is 7.90. The SMILES string of the molecule is CS(=O)(=O)CCNc1nnc(CCl)o1. The molecule has 8 heteroatoms. The summed E-state index contributed by atoms with van der Waals surface area (Å²) in [6, 6.07) is 0.185. The first-order valence-corrected chi connectivity index (χ1v) is 6.41. The number of halogens is 1. The Morgan fingerprint density at radius 3 is 2.71 bits per heavy atom. The Morgan fingerprint density at radius 1 is 1.50 bits per heavy atom. The average molecular weight is 240 g/mol. The predicted octanol–water partition coefficient (Wildman–Crippen LogP) is 0.265. The minimum atomic E-state index is -2.97. The van der Waals surface area contributed by atoms with Crippen LogP contribution in [0, 0.1) is 0 Å². The lowest BCUT2D eigenvalue weighted by molar-refractivity contribution is 0.526. The summed E-state index contributed by atoms with van der Waals surface area (Å²) < 4.78 is 26.5. The number of nitrogens with one attached hydrogen (secondary N) is 1. The second-order valence-corrected chi connectivity index (χ2v) is 5.22. The fraction of sp³-hybridized carbons (Fsp3) is 0.667. The topological polar surface area (TPSA) is 85.1 Å². The summed E-state index contributed by atoms with van der Waals surface area (Å²) in [5, 5.41) is 9.87. The van der Waals surface area contributed by atoms with Gasteiger partial charge in [-0.15, -0.1) is 16.7 Å². The Bertz CT molecular complexity index is 389. The molecule has 0 aliphatic rings. The van der Waals surface area contributed by atoms with E-state index in [0.29, 0.717) is 5.89 Å².